The third kappa shape index (κ3) is 1.93. The molecular weight excluding hydrogens is 275 g/mol. The average Bonchev–Trinajstić information content (AvgIpc) is 3.22. The van der Waals surface area contributed by atoms with Gasteiger partial charge in [-0.15, -0.1) is 5.10 Å². The lowest BCUT2D eigenvalue weighted by Crippen LogP contribution is -2.38. The summed E-state index contributed by atoms with van der Waals surface area (Å²) in [5, 5.41) is 6.78. The van der Waals surface area contributed by atoms with Gasteiger partial charge in [-0.2, -0.15) is 9.67 Å². The molecule has 21 heavy (non-hydrogen) atoms. The fraction of sp³-hybridized carbons (Fsp3) is 0.286. The molecule has 1 fully saturated rings. The van der Waals surface area contributed by atoms with Gasteiger partial charge in [0.2, 0.25) is 11.9 Å². The topological polar surface area (TPSA) is 76.9 Å². The molecule has 2 aromatic rings. The van der Waals surface area contributed by atoms with Crippen LogP contribution in [-0.4, -0.2) is 26.6 Å². The number of nitrogens with zero attached hydrogens (tertiary/aromatic N) is 3. The van der Waals surface area contributed by atoms with E-state index >= 15 is 0 Å². The molecule has 4 rings (SSSR count). The first-order chi connectivity index (χ1) is 10.1. The Labute approximate surface area is 119 Å². The molecule has 1 amide bonds. The number of hydrogen-bond acceptors (Lipinski definition) is 4. The summed E-state index contributed by atoms with van der Waals surface area (Å²) in [4.78, 5) is 28.8. The van der Waals surface area contributed by atoms with Crippen LogP contribution in [0.1, 0.15) is 40.9 Å². The van der Waals surface area contributed by atoms with Crippen molar-refractivity contribution in [3.63, 3.8) is 0 Å². The van der Waals surface area contributed by atoms with Gasteiger partial charge in [-0.25, -0.2) is 4.39 Å². The number of aromatic nitrogens is 3. The Morgan fingerprint density at radius 3 is 2.57 bits per heavy atom. The third-order valence-corrected chi connectivity index (χ3v) is 3.72. The van der Waals surface area contributed by atoms with E-state index < -0.39 is 23.5 Å². The summed E-state index contributed by atoms with van der Waals surface area (Å²) in [7, 11) is 0. The molecule has 1 unspecified atom stereocenters. The Morgan fingerprint density at radius 1 is 1.19 bits per heavy atom. The van der Waals surface area contributed by atoms with Crippen LogP contribution in [0.15, 0.2) is 24.3 Å². The number of nitrogens with one attached hydrogen (secondary N) is 1. The van der Waals surface area contributed by atoms with Crippen molar-refractivity contribution in [3.8, 4) is 0 Å². The van der Waals surface area contributed by atoms with Crippen molar-refractivity contribution >= 4 is 17.8 Å². The monoisotopic (exact) mass is 286 g/mol. The predicted molar refractivity (Wildman–Crippen MR) is 70.4 cm³/mol. The highest BCUT2D eigenvalue weighted by atomic mass is 19.1. The van der Waals surface area contributed by atoms with Crippen LogP contribution in [0.4, 0.5) is 10.3 Å². The van der Waals surface area contributed by atoms with Crippen molar-refractivity contribution in [1.82, 2.24) is 14.8 Å². The van der Waals surface area contributed by atoms with E-state index in [-0.39, 0.29) is 11.9 Å². The Balaban J connectivity index is 1.74. The minimum Gasteiger partial charge on any atom is -0.293 e. The van der Waals surface area contributed by atoms with Crippen molar-refractivity contribution in [2.75, 3.05) is 5.32 Å². The highest BCUT2D eigenvalue weighted by molar-refractivity contribution is 6.14. The smallest absolute Gasteiger partial charge is 0.267 e. The number of benzene rings is 1. The highest BCUT2D eigenvalue weighted by Crippen LogP contribution is 2.39. The van der Waals surface area contributed by atoms with Crippen molar-refractivity contribution in [1.29, 1.82) is 0 Å². The average molecular weight is 286 g/mol. The lowest BCUT2D eigenvalue weighted by Gasteiger charge is -2.20. The van der Waals surface area contributed by atoms with Crippen LogP contribution in [0.25, 0.3) is 0 Å². The fourth-order valence-electron chi connectivity index (χ4n) is 2.44. The highest BCUT2D eigenvalue weighted by Gasteiger charge is 2.39. The summed E-state index contributed by atoms with van der Waals surface area (Å²) >= 11 is 0. The van der Waals surface area contributed by atoms with E-state index in [1.165, 1.54) is 24.3 Å². The number of hydrogen-bond donors (Lipinski definition) is 1. The SMILES string of the molecule is O=C1Nc2nc(C3CC3)nn2C(=O)C1c1ccc(F)cc1. The number of amides is 1. The van der Waals surface area contributed by atoms with Gasteiger partial charge in [0.15, 0.2) is 5.82 Å². The first-order valence-corrected chi connectivity index (χ1v) is 6.71. The van der Waals surface area contributed by atoms with E-state index in [0.717, 1.165) is 17.5 Å². The zero-order valence-electron chi connectivity index (χ0n) is 10.9. The maximum Gasteiger partial charge on any atom is 0.267 e. The Morgan fingerprint density at radius 2 is 1.90 bits per heavy atom. The summed E-state index contributed by atoms with van der Waals surface area (Å²) < 4.78 is 14.1. The molecular formula is C14H11FN4O2. The van der Waals surface area contributed by atoms with Crippen molar-refractivity contribution in [2.45, 2.75) is 24.7 Å². The van der Waals surface area contributed by atoms with Crippen LogP contribution in [0, 0.1) is 5.82 Å². The van der Waals surface area contributed by atoms with Crippen molar-refractivity contribution < 1.29 is 14.0 Å². The normalized spacial score (nSPS) is 21.1. The minimum absolute atomic E-state index is 0.172. The summed E-state index contributed by atoms with van der Waals surface area (Å²) in [6, 6.07) is 5.31. The van der Waals surface area contributed by atoms with Crippen LogP contribution in [-0.2, 0) is 4.79 Å². The number of fused-ring (bicyclic) bond motifs is 1. The zero-order chi connectivity index (χ0) is 14.6. The van der Waals surface area contributed by atoms with Gasteiger partial charge >= 0.3 is 0 Å². The van der Waals surface area contributed by atoms with Gasteiger partial charge in [0.1, 0.15) is 11.7 Å². The van der Waals surface area contributed by atoms with Crippen LogP contribution < -0.4 is 5.32 Å². The van der Waals surface area contributed by atoms with E-state index in [1.807, 2.05) is 0 Å². The fourth-order valence-corrected chi connectivity index (χ4v) is 2.44. The molecule has 0 radical (unpaired) electrons. The Bertz CT molecular complexity index is 749. The zero-order valence-corrected chi connectivity index (χ0v) is 10.9. The molecule has 1 atom stereocenters. The summed E-state index contributed by atoms with van der Waals surface area (Å²) in [5.41, 5.74) is 0.438. The van der Waals surface area contributed by atoms with Crippen LogP contribution >= 0.6 is 0 Å². The second-order valence-corrected chi connectivity index (χ2v) is 5.29. The number of halogens is 1. The molecule has 1 aromatic carbocycles. The summed E-state index contributed by atoms with van der Waals surface area (Å²) in [6.45, 7) is 0. The molecule has 2 aliphatic rings. The van der Waals surface area contributed by atoms with E-state index in [9.17, 15) is 14.0 Å². The first-order valence-electron chi connectivity index (χ1n) is 6.71. The maximum atomic E-state index is 13.0. The lowest BCUT2D eigenvalue weighted by atomic mass is 9.96. The van der Waals surface area contributed by atoms with Gasteiger partial charge in [0, 0.05) is 5.92 Å². The minimum atomic E-state index is -1.02. The molecule has 2 heterocycles. The molecule has 0 saturated heterocycles. The predicted octanol–water partition coefficient (Wildman–Crippen LogP) is 1.67. The molecule has 106 valence electrons. The van der Waals surface area contributed by atoms with Crippen molar-refractivity contribution in [3.05, 3.63) is 41.5 Å². The number of carbonyl (C=O) groups is 2. The van der Waals surface area contributed by atoms with Crippen LogP contribution in [0.3, 0.4) is 0 Å². The van der Waals surface area contributed by atoms with Crippen molar-refractivity contribution in [2.24, 2.45) is 0 Å². The number of anilines is 1. The molecule has 1 aromatic heterocycles. The lowest BCUT2D eigenvalue weighted by molar-refractivity contribution is -0.117. The van der Waals surface area contributed by atoms with Gasteiger partial charge in [0.05, 0.1) is 0 Å². The largest absolute Gasteiger partial charge is 0.293 e. The van der Waals surface area contributed by atoms with Gasteiger partial charge in [-0.3, -0.25) is 14.9 Å². The molecule has 1 aliphatic carbocycles. The van der Waals surface area contributed by atoms with Gasteiger partial charge < -0.3 is 0 Å². The van der Waals surface area contributed by atoms with Gasteiger partial charge in [-0.05, 0) is 30.5 Å². The van der Waals surface area contributed by atoms with E-state index in [1.54, 1.807) is 0 Å². The van der Waals surface area contributed by atoms with E-state index in [0.29, 0.717) is 11.4 Å². The summed E-state index contributed by atoms with van der Waals surface area (Å²) in [5.74, 6) is -1.30. The molecule has 1 aliphatic heterocycles. The quantitative estimate of drug-likeness (QED) is 0.852. The molecule has 0 bridgehead atoms. The van der Waals surface area contributed by atoms with Gasteiger partial charge in [0.25, 0.3) is 5.91 Å². The second kappa shape index (κ2) is 4.21. The van der Waals surface area contributed by atoms with Gasteiger partial charge in [-0.1, -0.05) is 12.1 Å². The van der Waals surface area contributed by atoms with E-state index in [4.69, 9.17) is 0 Å². The number of rotatable bonds is 2. The molecule has 6 nitrogen and oxygen atoms in total. The molecule has 1 saturated carbocycles. The molecule has 0 spiro atoms. The third-order valence-electron chi connectivity index (χ3n) is 3.72. The molecule has 1 N–H and O–H groups in total. The standard InChI is InChI=1S/C14H11FN4O2/c15-9-5-3-7(4-6-9)10-12(20)17-14-16-11(8-1-2-8)18-19(14)13(10)21/h3-6,8,10H,1-2H2,(H,16,17,18,20). The van der Waals surface area contributed by atoms with Crippen LogP contribution in [0.5, 0.6) is 0 Å². The van der Waals surface area contributed by atoms with Crippen LogP contribution in [0.2, 0.25) is 0 Å². The number of carbonyl (C=O) groups excluding carboxylic acids is 2. The Hall–Kier alpha value is -2.57. The Kier molecular flexibility index (Phi) is 2.44. The van der Waals surface area contributed by atoms with E-state index in [2.05, 4.69) is 15.4 Å². The second-order valence-electron chi connectivity index (χ2n) is 5.29. The molecule has 7 heteroatoms. The summed E-state index contributed by atoms with van der Waals surface area (Å²) in [6.07, 6.45) is 2.01. The maximum absolute atomic E-state index is 13.0. The first kappa shape index (κ1) is 12.2.